The van der Waals surface area contributed by atoms with Crippen LogP contribution in [-0.2, 0) is 4.79 Å². The van der Waals surface area contributed by atoms with Crippen LogP contribution < -0.4 is 5.32 Å². The van der Waals surface area contributed by atoms with Crippen molar-refractivity contribution in [3.05, 3.63) is 108 Å². The van der Waals surface area contributed by atoms with E-state index in [1.165, 1.54) is 12.1 Å². The van der Waals surface area contributed by atoms with Crippen molar-refractivity contribution in [2.75, 3.05) is 0 Å². The number of amides is 1. The van der Waals surface area contributed by atoms with Crippen molar-refractivity contribution < 1.29 is 19.4 Å². The fourth-order valence-corrected chi connectivity index (χ4v) is 5.00. The van der Waals surface area contributed by atoms with Gasteiger partial charge in [-0.15, -0.1) is 0 Å². The van der Waals surface area contributed by atoms with E-state index in [1.54, 1.807) is 18.2 Å². The van der Waals surface area contributed by atoms with Gasteiger partial charge in [0.25, 0.3) is 0 Å². The number of pyridine rings is 1. The van der Waals surface area contributed by atoms with Gasteiger partial charge in [-0.05, 0) is 49.1 Å². The Morgan fingerprint density at radius 1 is 1.03 bits per heavy atom. The molecule has 0 unspecified atom stereocenters. The number of rotatable bonds is 10. The molecule has 5 nitrogen and oxygen atoms in total. The second-order valence-electron chi connectivity index (χ2n) is 10.3. The molecule has 0 spiro atoms. The van der Waals surface area contributed by atoms with Gasteiger partial charge in [-0.25, -0.2) is 4.39 Å². The second kappa shape index (κ2) is 11.9. The van der Waals surface area contributed by atoms with E-state index < -0.39 is 12.2 Å². The van der Waals surface area contributed by atoms with Gasteiger partial charge >= 0.3 is 0 Å². The fourth-order valence-electron chi connectivity index (χ4n) is 5.00. The molecule has 0 radical (unpaired) electrons. The van der Waals surface area contributed by atoms with Gasteiger partial charge in [-0.3, -0.25) is 9.78 Å². The van der Waals surface area contributed by atoms with E-state index in [2.05, 4.69) is 5.32 Å². The molecule has 1 amide bonds. The van der Waals surface area contributed by atoms with E-state index in [-0.39, 0.29) is 30.6 Å². The highest BCUT2D eigenvalue weighted by Gasteiger charge is 2.29. The Morgan fingerprint density at radius 3 is 2.44 bits per heavy atom. The van der Waals surface area contributed by atoms with Gasteiger partial charge in [0.1, 0.15) is 5.82 Å². The molecule has 1 saturated carbocycles. The molecular weight excluding hydrogens is 491 g/mol. The van der Waals surface area contributed by atoms with Crippen LogP contribution in [0.2, 0.25) is 0 Å². The van der Waals surface area contributed by atoms with Gasteiger partial charge in [0.05, 0.1) is 35.9 Å². The first-order chi connectivity index (χ1) is 18.9. The van der Waals surface area contributed by atoms with Crippen molar-refractivity contribution in [3.63, 3.8) is 0 Å². The molecule has 1 aromatic heterocycles. The van der Waals surface area contributed by atoms with Gasteiger partial charge in [-0.1, -0.05) is 72.8 Å². The summed E-state index contributed by atoms with van der Waals surface area (Å²) in [6.07, 6.45) is 3.57. The third-order valence-electron chi connectivity index (χ3n) is 7.15. The fraction of sp³-hybridized carbons (Fsp3) is 0.273. The van der Waals surface area contributed by atoms with Gasteiger partial charge in [0, 0.05) is 28.9 Å². The van der Waals surface area contributed by atoms with Gasteiger partial charge in [-0.2, -0.15) is 0 Å². The number of aliphatic hydroxyl groups is 2. The maximum Gasteiger partial charge on any atom is 0.223 e. The number of hydrogen-bond donors (Lipinski definition) is 3. The summed E-state index contributed by atoms with van der Waals surface area (Å²) in [5.41, 5.74) is 5.53. The number of fused-ring (bicyclic) bond motifs is 1. The number of carbonyl (C=O) groups excluding carboxylic acids is 1. The minimum atomic E-state index is -0.998. The lowest BCUT2D eigenvalue weighted by Gasteiger charge is -2.18. The van der Waals surface area contributed by atoms with Crippen molar-refractivity contribution in [2.24, 2.45) is 0 Å². The number of aliphatic hydroxyl groups excluding tert-OH is 2. The maximum atomic E-state index is 13.7. The van der Waals surface area contributed by atoms with Gasteiger partial charge in [0.2, 0.25) is 5.91 Å². The SMILES string of the molecule is C[C@H](NC(=O)C[C@H](O)C[C@@H](O)/C=C/c1c(C2CC2)nc2ccccc2c1-c1ccc(F)cc1)c1ccccc1. The Morgan fingerprint density at radius 2 is 1.72 bits per heavy atom. The first-order valence-electron chi connectivity index (χ1n) is 13.5. The summed E-state index contributed by atoms with van der Waals surface area (Å²) < 4.78 is 13.7. The zero-order valence-electron chi connectivity index (χ0n) is 21.9. The molecule has 0 aliphatic heterocycles. The summed E-state index contributed by atoms with van der Waals surface area (Å²) in [5, 5.41) is 25.1. The molecule has 3 N–H and O–H groups in total. The minimum absolute atomic E-state index is 0.0231. The second-order valence-corrected chi connectivity index (χ2v) is 10.3. The van der Waals surface area contributed by atoms with Crippen LogP contribution in [0.5, 0.6) is 0 Å². The summed E-state index contributed by atoms with van der Waals surface area (Å²) in [7, 11) is 0. The highest BCUT2D eigenvalue weighted by molar-refractivity contribution is 5.99. The van der Waals surface area contributed by atoms with E-state index in [0.29, 0.717) is 5.92 Å². The van der Waals surface area contributed by atoms with Crippen LogP contribution in [0.3, 0.4) is 0 Å². The summed E-state index contributed by atoms with van der Waals surface area (Å²) in [5.74, 6) is -0.238. The molecule has 1 aliphatic carbocycles. The predicted octanol–water partition coefficient (Wildman–Crippen LogP) is 6.31. The molecule has 3 aromatic carbocycles. The van der Waals surface area contributed by atoms with Crippen LogP contribution in [0.1, 0.15) is 61.4 Å². The zero-order valence-corrected chi connectivity index (χ0v) is 21.9. The molecule has 3 atom stereocenters. The van der Waals surface area contributed by atoms with Crippen molar-refractivity contribution in [3.8, 4) is 11.1 Å². The van der Waals surface area contributed by atoms with Crippen LogP contribution in [0.15, 0.2) is 84.9 Å². The number of nitrogens with zero attached hydrogens (tertiary/aromatic N) is 1. The van der Waals surface area contributed by atoms with Crippen molar-refractivity contribution >= 4 is 22.9 Å². The van der Waals surface area contributed by atoms with E-state index in [0.717, 1.165) is 51.7 Å². The van der Waals surface area contributed by atoms with Crippen molar-refractivity contribution in [1.29, 1.82) is 0 Å². The number of carbonyl (C=O) groups is 1. The molecular formula is C33H33FN2O3. The highest BCUT2D eigenvalue weighted by atomic mass is 19.1. The standard InChI is InChI=1S/C33H33FN2O3/c1-21(22-7-3-2-4-8-22)35-31(39)20-27(38)19-26(37)17-18-29-32(23-13-15-25(34)16-14-23)28-9-5-6-10-30(28)36-33(29)24-11-12-24/h2-10,13-18,21,24,26-27,37-38H,11-12,19-20H2,1H3,(H,35,39)/b18-17+/t21-,26-,27+/m0/s1. The van der Waals surface area contributed by atoms with Gasteiger partial charge < -0.3 is 15.5 Å². The molecule has 1 heterocycles. The molecule has 200 valence electrons. The zero-order chi connectivity index (χ0) is 27.4. The Bertz CT molecular complexity index is 1470. The smallest absolute Gasteiger partial charge is 0.223 e. The average Bonchev–Trinajstić information content (AvgIpc) is 3.77. The Balaban J connectivity index is 1.34. The van der Waals surface area contributed by atoms with E-state index in [4.69, 9.17) is 4.98 Å². The van der Waals surface area contributed by atoms with Crippen molar-refractivity contribution in [2.45, 2.75) is 56.8 Å². The molecule has 39 heavy (non-hydrogen) atoms. The average molecular weight is 525 g/mol. The number of benzene rings is 3. The third kappa shape index (κ3) is 6.59. The Hall–Kier alpha value is -3.87. The maximum absolute atomic E-state index is 13.7. The Labute approximate surface area is 228 Å². The van der Waals surface area contributed by atoms with Crippen LogP contribution in [0.4, 0.5) is 4.39 Å². The number of para-hydroxylation sites is 1. The lowest BCUT2D eigenvalue weighted by molar-refractivity contribution is -0.123. The summed E-state index contributed by atoms with van der Waals surface area (Å²) >= 11 is 0. The summed E-state index contributed by atoms with van der Waals surface area (Å²) in [6, 6.07) is 23.8. The lowest BCUT2D eigenvalue weighted by Crippen LogP contribution is -2.31. The Kier molecular flexibility index (Phi) is 8.15. The van der Waals surface area contributed by atoms with E-state index in [1.807, 2.05) is 67.6 Å². The van der Waals surface area contributed by atoms with E-state index >= 15 is 0 Å². The summed E-state index contributed by atoms with van der Waals surface area (Å²) in [4.78, 5) is 17.4. The van der Waals surface area contributed by atoms with Crippen LogP contribution >= 0.6 is 0 Å². The van der Waals surface area contributed by atoms with Crippen LogP contribution in [0, 0.1) is 5.82 Å². The molecule has 6 heteroatoms. The highest BCUT2D eigenvalue weighted by Crippen LogP contribution is 2.45. The molecule has 4 aromatic rings. The monoisotopic (exact) mass is 524 g/mol. The predicted molar refractivity (Wildman–Crippen MR) is 152 cm³/mol. The van der Waals surface area contributed by atoms with Crippen LogP contribution in [0.25, 0.3) is 28.1 Å². The summed E-state index contributed by atoms with van der Waals surface area (Å²) in [6.45, 7) is 1.89. The number of hydrogen-bond acceptors (Lipinski definition) is 4. The number of aromatic nitrogens is 1. The van der Waals surface area contributed by atoms with E-state index in [9.17, 15) is 19.4 Å². The molecule has 1 fully saturated rings. The topological polar surface area (TPSA) is 82.5 Å². The molecule has 0 saturated heterocycles. The molecule has 1 aliphatic rings. The number of nitrogens with one attached hydrogen (secondary N) is 1. The minimum Gasteiger partial charge on any atom is -0.392 e. The van der Waals surface area contributed by atoms with Crippen molar-refractivity contribution in [1.82, 2.24) is 10.3 Å². The normalized spacial score (nSPS) is 15.8. The van der Waals surface area contributed by atoms with Gasteiger partial charge in [0.15, 0.2) is 0 Å². The quantitative estimate of drug-likeness (QED) is 0.227. The first-order valence-corrected chi connectivity index (χ1v) is 13.5. The lowest BCUT2D eigenvalue weighted by atomic mass is 9.92. The number of halogens is 1. The molecule has 0 bridgehead atoms. The molecule has 5 rings (SSSR count). The third-order valence-corrected chi connectivity index (χ3v) is 7.15. The largest absolute Gasteiger partial charge is 0.392 e. The van der Waals surface area contributed by atoms with Crippen LogP contribution in [-0.4, -0.2) is 33.3 Å². The first kappa shape index (κ1) is 26.7.